The largest absolute Gasteiger partial charge is 0.418 e. The fourth-order valence-corrected chi connectivity index (χ4v) is 1.51. The number of nitrogens with two attached hydrogens (primary N) is 1. The molecule has 4 heteroatoms. The summed E-state index contributed by atoms with van der Waals surface area (Å²) in [7, 11) is 0. The third-order valence-corrected chi connectivity index (χ3v) is 2.42. The van der Waals surface area contributed by atoms with Crippen molar-refractivity contribution in [3.05, 3.63) is 28.8 Å². The highest BCUT2D eigenvalue weighted by Crippen LogP contribution is 2.36. The smallest absolute Gasteiger partial charge is 0.398 e. The van der Waals surface area contributed by atoms with Crippen LogP contribution in [0.15, 0.2) is 12.1 Å². The van der Waals surface area contributed by atoms with Gasteiger partial charge in [-0.25, -0.2) is 0 Å². The molecule has 0 aliphatic carbocycles. The van der Waals surface area contributed by atoms with Crippen molar-refractivity contribution in [3.8, 4) is 0 Å². The third kappa shape index (κ3) is 2.43. The number of rotatable bonds is 2. The molecule has 0 unspecified atom stereocenters. The van der Waals surface area contributed by atoms with Crippen LogP contribution in [-0.2, 0) is 19.0 Å². The van der Waals surface area contributed by atoms with Crippen LogP contribution in [0, 0.1) is 0 Å². The van der Waals surface area contributed by atoms with Crippen molar-refractivity contribution in [2.75, 3.05) is 5.73 Å². The minimum Gasteiger partial charge on any atom is -0.398 e. The number of alkyl halides is 3. The molecule has 2 N–H and O–H groups in total. The van der Waals surface area contributed by atoms with Gasteiger partial charge in [-0.3, -0.25) is 0 Å². The second-order valence-electron chi connectivity index (χ2n) is 3.42. The van der Waals surface area contributed by atoms with Gasteiger partial charge in [0.1, 0.15) is 0 Å². The third-order valence-electron chi connectivity index (χ3n) is 2.42. The Labute approximate surface area is 87.1 Å². The quantitative estimate of drug-likeness (QED) is 0.755. The minimum absolute atomic E-state index is 0.137. The molecule has 0 aliphatic heterocycles. The topological polar surface area (TPSA) is 26.0 Å². The molecule has 0 fully saturated rings. The molecule has 1 rings (SSSR count). The summed E-state index contributed by atoms with van der Waals surface area (Å²) in [5.41, 5.74) is 5.88. The van der Waals surface area contributed by atoms with Crippen LogP contribution in [-0.4, -0.2) is 0 Å². The van der Waals surface area contributed by atoms with Crippen LogP contribution in [0.4, 0.5) is 18.9 Å². The summed E-state index contributed by atoms with van der Waals surface area (Å²) < 4.78 is 37.8. The van der Waals surface area contributed by atoms with Gasteiger partial charge in [-0.15, -0.1) is 0 Å². The number of hydrogen-bond donors (Lipinski definition) is 1. The molecule has 1 aromatic carbocycles. The van der Waals surface area contributed by atoms with Gasteiger partial charge >= 0.3 is 6.18 Å². The van der Waals surface area contributed by atoms with Crippen molar-refractivity contribution in [2.24, 2.45) is 0 Å². The minimum atomic E-state index is -4.36. The molecular weight excluding hydrogens is 203 g/mol. The standard InChI is InChI=1S/C11H14F3N/c1-3-7-5-8(4-2)10(15)9(6-7)11(12,13)14/h5-6H,3-4,15H2,1-2H3. The van der Waals surface area contributed by atoms with Crippen LogP contribution >= 0.6 is 0 Å². The van der Waals surface area contributed by atoms with E-state index >= 15 is 0 Å². The molecule has 0 amide bonds. The molecule has 1 nitrogen and oxygen atoms in total. The lowest BCUT2D eigenvalue weighted by Crippen LogP contribution is -2.11. The van der Waals surface area contributed by atoms with E-state index in [9.17, 15) is 13.2 Å². The molecule has 0 bridgehead atoms. The van der Waals surface area contributed by atoms with Crippen LogP contribution in [0.3, 0.4) is 0 Å². The number of aryl methyl sites for hydroxylation is 2. The van der Waals surface area contributed by atoms with E-state index in [1.807, 2.05) is 6.92 Å². The van der Waals surface area contributed by atoms with Crippen molar-refractivity contribution in [1.82, 2.24) is 0 Å². The first-order valence-electron chi connectivity index (χ1n) is 4.88. The van der Waals surface area contributed by atoms with Gasteiger partial charge < -0.3 is 5.73 Å². The lowest BCUT2D eigenvalue weighted by Gasteiger charge is -2.14. The summed E-state index contributed by atoms with van der Waals surface area (Å²) in [6, 6.07) is 2.87. The lowest BCUT2D eigenvalue weighted by molar-refractivity contribution is -0.137. The zero-order valence-electron chi connectivity index (χ0n) is 8.78. The normalized spacial score (nSPS) is 11.8. The number of halogens is 3. The number of anilines is 1. The van der Waals surface area contributed by atoms with Gasteiger partial charge in [0.2, 0.25) is 0 Å². The summed E-state index contributed by atoms with van der Waals surface area (Å²) in [4.78, 5) is 0. The molecule has 15 heavy (non-hydrogen) atoms. The van der Waals surface area contributed by atoms with Crippen LogP contribution in [0.25, 0.3) is 0 Å². The first-order valence-corrected chi connectivity index (χ1v) is 4.88. The summed E-state index contributed by atoms with van der Waals surface area (Å²) in [5, 5.41) is 0. The fraction of sp³-hybridized carbons (Fsp3) is 0.455. The van der Waals surface area contributed by atoms with E-state index in [0.29, 0.717) is 24.0 Å². The van der Waals surface area contributed by atoms with E-state index in [4.69, 9.17) is 5.73 Å². The van der Waals surface area contributed by atoms with Gasteiger partial charge in [-0.2, -0.15) is 13.2 Å². The molecule has 0 spiro atoms. The highest BCUT2D eigenvalue weighted by Gasteiger charge is 2.33. The molecule has 0 atom stereocenters. The first-order chi connectivity index (χ1) is 6.90. The van der Waals surface area contributed by atoms with E-state index in [2.05, 4.69) is 0 Å². The second-order valence-corrected chi connectivity index (χ2v) is 3.42. The Bertz CT molecular complexity index is 356. The Balaban J connectivity index is 3.37. The Kier molecular flexibility index (Phi) is 3.27. The molecule has 0 aromatic heterocycles. The average Bonchev–Trinajstić information content (AvgIpc) is 2.16. The maximum absolute atomic E-state index is 12.6. The highest BCUT2D eigenvalue weighted by molar-refractivity contribution is 5.57. The van der Waals surface area contributed by atoms with Gasteiger partial charge in [0, 0.05) is 5.69 Å². The first kappa shape index (κ1) is 11.9. The fourth-order valence-electron chi connectivity index (χ4n) is 1.51. The summed E-state index contributed by atoms with van der Waals surface area (Å²) >= 11 is 0. The van der Waals surface area contributed by atoms with Crippen LogP contribution < -0.4 is 5.73 Å². The molecule has 0 heterocycles. The lowest BCUT2D eigenvalue weighted by atomic mass is 9.99. The van der Waals surface area contributed by atoms with Crippen molar-refractivity contribution >= 4 is 5.69 Å². The van der Waals surface area contributed by atoms with Crippen LogP contribution in [0.5, 0.6) is 0 Å². The predicted octanol–water partition coefficient (Wildman–Crippen LogP) is 3.41. The summed E-state index contributed by atoms with van der Waals surface area (Å²) in [5.74, 6) is 0. The SMILES string of the molecule is CCc1cc(CC)c(N)c(C(F)(F)F)c1. The Morgan fingerprint density at radius 1 is 1.13 bits per heavy atom. The van der Waals surface area contributed by atoms with E-state index in [1.165, 1.54) is 0 Å². The van der Waals surface area contributed by atoms with Crippen molar-refractivity contribution in [1.29, 1.82) is 0 Å². The van der Waals surface area contributed by atoms with Crippen molar-refractivity contribution in [3.63, 3.8) is 0 Å². The van der Waals surface area contributed by atoms with Crippen LogP contribution in [0.2, 0.25) is 0 Å². The predicted molar refractivity (Wildman–Crippen MR) is 54.6 cm³/mol. The molecule has 0 radical (unpaired) electrons. The van der Waals surface area contributed by atoms with Crippen molar-refractivity contribution < 1.29 is 13.2 Å². The van der Waals surface area contributed by atoms with Gasteiger partial charge in [-0.05, 0) is 30.0 Å². The van der Waals surface area contributed by atoms with E-state index in [1.54, 1.807) is 13.0 Å². The summed E-state index contributed by atoms with van der Waals surface area (Å²) in [6.45, 7) is 3.62. The highest BCUT2D eigenvalue weighted by atomic mass is 19.4. The van der Waals surface area contributed by atoms with Crippen LogP contribution in [0.1, 0.15) is 30.5 Å². The van der Waals surface area contributed by atoms with Gasteiger partial charge in [0.15, 0.2) is 0 Å². The zero-order chi connectivity index (χ0) is 11.6. The maximum Gasteiger partial charge on any atom is 0.418 e. The van der Waals surface area contributed by atoms with Crippen molar-refractivity contribution in [2.45, 2.75) is 32.9 Å². The molecular formula is C11H14F3N. The zero-order valence-corrected chi connectivity index (χ0v) is 8.78. The molecule has 0 saturated heterocycles. The molecule has 0 aliphatic rings. The monoisotopic (exact) mass is 217 g/mol. The average molecular weight is 217 g/mol. The summed E-state index contributed by atoms with van der Waals surface area (Å²) in [6.07, 6.45) is -3.27. The Morgan fingerprint density at radius 2 is 1.73 bits per heavy atom. The molecule has 0 saturated carbocycles. The Morgan fingerprint density at radius 3 is 2.13 bits per heavy atom. The number of benzene rings is 1. The number of nitrogen functional groups attached to an aromatic ring is 1. The van der Waals surface area contributed by atoms with E-state index in [-0.39, 0.29) is 5.69 Å². The molecule has 84 valence electrons. The van der Waals surface area contributed by atoms with Gasteiger partial charge in [-0.1, -0.05) is 19.9 Å². The van der Waals surface area contributed by atoms with E-state index < -0.39 is 11.7 Å². The number of hydrogen-bond acceptors (Lipinski definition) is 1. The van der Waals surface area contributed by atoms with Gasteiger partial charge in [0.05, 0.1) is 5.56 Å². The maximum atomic E-state index is 12.6. The van der Waals surface area contributed by atoms with Gasteiger partial charge in [0.25, 0.3) is 0 Å². The Hall–Kier alpha value is -1.19. The molecule has 1 aromatic rings. The van der Waals surface area contributed by atoms with E-state index in [0.717, 1.165) is 6.07 Å². The second kappa shape index (κ2) is 4.13.